The quantitative estimate of drug-likeness (QED) is 0.849. The molecule has 0 bridgehead atoms. The fraction of sp³-hybridized carbons (Fsp3) is 0.643. The number of amides is 1. The molecule has 1 aliphatic rings. The van der Waals surface area contributed by atoms with Gasteiger partial charge in [-0.05, 0) is 19.8 Å². The number of rotatable bonds is 5. The van der Waals surface area contributed by atoms with E-state index in [1.807, 2.05) is 20.0 Å². The zero-order valence-corrected chi connectivity index (χ0v) is 12.4. The fourth-order valence-electron chi connectivity index (χ4n) is 2.42. The summed E-state index contributed by atoms with van der Waals surface area (Å²) in [5.41, 5.74) is 1.00. The zero-order valence-electron chi connectivity index (χ0n) is 12.4. The average Bonchev–Trinajstić information content (AvgIpc) is 2.46. The lowest BCUT2D eigenvalue weighted by Gasteiger charge is -2.36. The van der Waals surface area contributed by atoms with Crippen LogP contribution >= 0.6 is 0 Å². The minimum atomic E-state index is -0.142. The zero-order chi connectivity index (χ0) is 14.5. The number of aromatic nitrogens is 2. The lowest BCUT2D eigenvalue weighted by atomic mass is 10.1. The molecule has 1 aliphatic heterocycles. The molecule has 1 atom stereocenters. The van der Waals surface area contributed by atoms with Crippen LogP contribution in [0.25, 0.3) is 0 Å². The van der Waals surface area contributed by atoms with Gasteiger partial charge in [0.1, 0.15) is 11.9 Å². The minimum Gasteiger partial charge on any atom is -0.354 e. The maximum atomic E-state index is 12.0. The number of carbonyl (C=O) groups is 1. The van der Waals surface area contributed by atoms with Gasteiger partial charge in [0.2, 0.25) is 11.9 Å². The molecular formula is C14H23N5O. The van der Waals surface area contributed by atoms with E-state index in [-0.39, 0.29) is 11.9 Å². The first-order chi connectivity index (χ1) is 9.67. The van der Waals surface area contributed by atoms with Gasteiger partial charge in [-0.2, -0.15) is 4.98 Å². The van der Waals surface area contributed by atoms with Gasteiger partial charge in [0.05, 0.1) is 0 Å². The monoisotopic (exact) mass is 277 g/mol. The molecule has 2 heterocycles. The van der Waals surface area contributed by atoms with Gasteiger partial charge in [-0.1, -0.05) is 13.8 Å². The van der Waals surface area contributed by atoms with Gasteiger partial charge in [-0.15, -0.1) is 0 Å². The average molecular weight is 277 g/mol. The van der Waals surface area contributed by atoms with Crippen molar-refractivity contribution in [1.29, 1.82) is 0 Å². The Labute approximate surface area is 120 Å². The third-order valence-electron chi connectivity index (χ3n) is 3.47. The van der Waals surface area contributed by atoms with E-state index in [1.165, 1.54) is 0 Å². The first kappa shape index (κ1) is 14.6. The van der Waals surface area contributed by atoms with Crippen LogP contribution in [0.5, 0.6) is 0 Å². The number of aryl methyl sites for hydroxylation is 1. The van der Waals surface area contributed by atoms with E-state index in [0.717, 1.165) is 37.3 Å². The van der Waals surface area contributed by atoms with Crippen molar-refractivity contribution >= 4 is 17.7 Å². The maximum absolute atomic E-state index is 12.0. The molecule has 2 rings (SSSR count). The van der Waals surface area contributed by atoms with Gasteiger partial charge in [-0.3, -0.25) is 4.79 Å². The Bertz CT molecular complexity index is 477. The molecule has 0 radical (unpaired) electrons. The summed E-state index contributed by atoms with van der Waals surface area (Å²) in [4.78, 5) is 22.9. The summed E-state index contributed by atoms with van der Waals surface area (Å²) < 4.78 is 0. The summed E-state index contributed by atoms with van der Waals surface area (Å²) in [6.45, 7) is 8.41. The molecule has 0 aliphatic carbocycles. The molecule has 1 unspecified atom stereocenters. The van der Waals surface area contributed by atoms with Crippen LogP contribution in [0.3, 0.4) is 0 Å². The van der Waals surface area contributed by atoms with Crippen LogP contribution < -0.4 is 15.5 Å². The third-order valence-corrected chi connectivity index (χ3v) is 3.47. The molecule has 1 fully saturated rings. The second kappa shape index (κ2) is 6.54. The van der Waals surface area contributed by atoms with Crippen LogP contribution in [0.1, 0.15) is 32.3 Å². The van der Waals surface area contributed by atoms with Crippen LogP contribution in [-0.4, -0.2) is 41.6 Å². The van der Waals surface area contributed by atoms with Crippen molar-refractivity contribution in [2.75, 3.05) is 29.9 Å². The highest BCUT2D eigenvalue weighted by Gasteiger charge is 2.30. The van der Waals surface area contributed by atoms with Crippen LogP contribution in [0, 0.1) is 6.92 Å². The number of hydrogen-bond donors (Lipinski definition) is 2. The number of nitrogens with one attached hydrogen (secondary N) is 2. The van der Waals surface area contributed by atoms with E-state index < -0.39 is 0 Å². The summed E-state index contributed by atoms with van der Waals surface area (Å²) >= 11 is 0. The van der Waals surface area contributed by atoms with E-state index in [2.05, 4.69) is 32.4 Å². The SMILES string of the molecule is CCCNc1ncc(C)c(N2CCNC(=O)C2CC)n1. The smallest absolute Gasteiger partial charge is 0.242 e. The predicted molar refractivity (Wildman–Crippen MR) is 80.0 cm³/mol. The molecule has 20 heavy (non-hydrogen) atoms. The Hall–Kier alpha value is -1.85. The van der Waals surface area contributed by atoms with E-state index in [1.54, 1.807) is 0 Å². The molecule has 1 saturated heterocycles. The second-order valence-corrected chi connectivity index (χ2v) is 5.04. The van der Waals surface area contributed by atoms with Gasteiger partial charge in [0.15, 0.2) is 0 Å². The lowest BCUT2D eigenvalue weighted by Crippen LogP contribution is -2.55. The van der Waals surface area contributed by atoms with Gasteiger partial charge in [0.25, 0.3) is 0 Å². The maximum Gasteiger partial charge on any atom is 0.242 e. The number of piperazine rings is 1. The highest BCUT2D eigenvalue weighted by atomic mass is 16.2. The minimum absolute atomic E-state index is 0.0832. The van der Waals surface area contributed by atoms with E-state index in [9.17, 15) is 4.79 Å². The summed E-state index contributed by atoms with van der Waals surface area (Å²) in [7, 11) is 0. The lowest BCUT2D eigenvalue weighted by molar-refractivity contribution is -0.123. The van der Waals surface area contributed by atoms with E-state index >= 15 is 0 Å². The number of carbonyl (C=O) groups excluding carboxylic acids is 1. The van der Waals surface area contributed by atoms with Crippen molar-refractivity contribution in [3.63, 3.8) is 0 Å². The number of anilines is 2. The molecule has 6 nitrogen and oxygen atoms in total. The number of hydrogen-bond acceptors (Lipinski definition) is 5. The van der Waals surface area contributed by atoms with Crippen molar-refractivity contribution in [2.45, 2.75) is 39.7 Å². The Kier molecular flexibility index (Phi) is 4.76. The first-order valence-corrected chi connectivity index (χ1v) is 7.29. The largest absolute Gasteiger partial charge is 0.354 e. The van der Waals surface area contributed by atoms with Crippen molar-refractivity contribution < 1.29 is 4.79 Å². The molecule has 1 aromatic rings. The van der Waals surface area contributed by atoms with Gasteiger partial charge in [0, 0.05) is 31.4 Å². The van der Waals surface area contributed by atoms with Crippen molar-refractivity contribution in [1.82, 2.24) is 15.3 Å². The van der Waals surface area contributed by atoms with Crippen molar-refractivity contribution in [2.24, 2.45) is 0 Å². The molecular weight excluding hydrogens is 254 g/mol. The highest BCUT2D eigenvalue weighted by Crippen LogP contribution is 2.23. The van der Waals surface area contributed by atoms with E-state index in [4.69, 9.17) is 0 Å². The topological polar surface area (TPSA) is 70.2 Å². The number of nitrogens with zero attached hydrogens (tertiary/aromatic N) is 3. The van der Waals surface area contributed by atoms with Crippen LogP contribution in [0.2, 0.25) is 0 Å². The molecule has 0 saturated carbocycles. The summed E-state index contributed by atoms with van der Waals surface area (Å²) in [5, 5.41) is 6.11. The first-order valence-electron chi connectivity index (χ1n) is 7.29. The van der Waals surface area contributed by atoms with Crippen LogP contribution in [0.4, 0.5) is 11.8 Å². The Morgan fingerprint density at radius 3 is 3.00 bits per heavy atom. The fourth-order valence-corrected chi connectivity index (χ4v) is 2.42. The Morgan fingerprint density at radius 2 is 2.30 bits per heavy atom. The van der Waals surface area contributed by atoms with Crippen LogP contribution in [0.15, 0.2) is 6.20 Å². The molecule has 1 amide bonds. The molecule has 110 valence electrons. The van der Waals surface area contributed by atoms with Gasteiger partial charge >= 0.3 is 0 Å². The van der Waals surface area contributed by atoms with Gasteiger partial charge < -0.3 is 15.5 Å². The van der Waals surface area contributed by atoms with Crippen LogP contribution in [-0.2, 0) is 4.79 Å². The van der Waals surface area contributed by atoms with Crippen molar-refractivity contribution in [3.05, 3.63) is 11.8 Å². The summed E-state index contributed by atoms with van der Waals surface area (Å²) in [6.07, 6.45) is 3.61. The van der Waals surface area contributed by atoms with Gasteiger partial charge in [-0.25, -0.2) is 4.98 Å². The standard InChI is InChI=1S/C14H23N5O/c1-4-6-16-14-17-9-10(3)12(18-14)19-8-7-15-13(20)11(19)5-2/h9,11H,4-8H2,1-3H3,(H,15,20)(H,16,17,18). The normalized spacial score (nSPS) is 18.9. The molecule has 1 aromatic heterocycles. The molecule has 2 N–H and O–H groups in total. The highest BCUT2D eigenvalue weighted by molar-refractivity contribution is 5.86. The second-order valence-electron chi connectivity index (χ2n) is 5.04. The summed E-state index contributed by atoms with van der Waals surface area (Å²) in [5.74, 6) is 1.58. The Morgan fingerprint density at radius 1 is 1.50 bits per heavy atom. The Balaban J connectivity index is 2.27. The van der Waals surface area contributed by atoms with Crippen molar-refractivity contribution in [3.8, 4) is 0 Å². The summed E-state index contributed by atoms with van der Waals surface area (Å²) in [6, 6.07) is -0.142. The molecule has 0 spiro atoms. The predicted octanol–water partition coefficient (Wildman–Crippen LogP) is 1.32. The van der Waals surface area contributed by atoms with E-state index in [0.29, 0.717) is 12.5 Å². The third kappa shape index (κ3) is 3.00. The molecule has 6 heteroatoms. The molecule has 0 aromatic carbocycles.